The van der Waals surface area contributed by atoms with Crippen molar-refractivity contribution in [3.05, 3.63) is 24.3 Å². The van der Waals surface area contributed by atoms with Gasteiger partial charge in [-0.05, 0) is 18.9 Å². The third-order valence-electron chi connectivity index (χ3n) is 2.16. The number of hydrogen-bond acceptors (Lipinski definition) is 0. The molecule has 0 heterocycles. The van der Waals surface area contributed by atoms with E-state index in [1.807, 2.05) is 12.2 Å². The minimum absolute atomic E-state index is 1.18. The van der Waals surface area contributed by atoms with Gasteiger partial charge >= 0.3 is 0 Å². The van der Waals surface area contributed by atoms with E-state index < -0.39 is 0 Å². The molecule has 0 unspecified atom stereocenters. The first-order valence-electron chi connectivity index (χ1n) is 5.69. The molecule has 0 bridgehead atoms. The molecule has 14 heavy (non-hydrogen) atoms. The Hall–Kier alpha value is -0.960. The lowest BCUT2D eigenvalue weighted by Gasteiger charge is -1.97. The van der Waals surface area contributed by atoms with Crippen LogP contribution < -0.4 is 0 Å². The zero-order valence-electron chi connectivity index (χ0n) is 9.34. The fraction of sp³-hybridized carbons (Fsp3) is 0.571. The van der Waals surface area contributed by atoms with Gasteiger partial charge in [0, 0.05) is 0 Å². The molecule has 0 aromatic carbocycles. The van der Waals surface area contributed by atoms with Gasteiger partial charge in [-0.3, -0.25) is 0 Å². The Morgan fingerprint density at radius 1 is 1.00 bits per heavy atom. The van der Waals surface area contributed by atoms with Gasteiger partial charge in [-0.15, -0.1) is 6.42 Å². The maximum Gasteiger partial charge on any atom is -0.0122 e. The van der Waals surface area contributed by atoms with Crippen LogP contribution in [-0.4, -0.2) is 0 Å². The van der Waals surface area contributed by atoms with Gasteiger partial charge < -0.3 is 0 Å². The lowest BCUT2D eigenvalue weighted by molar-refractivity contribution is 0.611. The van der Waals surface area contributed by atoms with Crippen LogP contribution in [0.1, 0.15) is 51.9 Å². The predicted octanol–water partition coefficient (Wildman–Crippen LogP) is 4.48. The van der Waals surface area contributed by atoms with Crippen molar-refractivity contribution >= 4 is 0 Å². The van der Waals surface area contributed by atoms with Crippen LogP contribution >= 0.6 is 0 Å². The Balaban J connectivity index is 3.10. The average Bonchev–Trinajstić information content (AvgIpc) is 2.21. The van der Waals surface area contributed by atoms with Crippen LogP contribution in [0.5, 0.6) is 0 Å². The van der Waals surface area contributed by atoms with Crippen molar-refractivity contribution in [2.75, 3.05) is 0 Å². The zero-order chi connectivity index (χ0) is 10.5. The summed E-state index contributed by atoms with van der Waals surface area (Å²) in [6.07, 6.45) is 22.3. The van der Waals surface area contributed by atoms with Crippen LogP contribution in [0.15, 0.2) is 24.3 Å². The first-order chi connectivity index (χ1) is 6.91. The van der Waals surface area contributed by atoms with Crippen molar-refractivity contribution in [3.63, 3.8) is 0 Å². The summed E-state index contributed by atoms with van der Waals surface area (Å²) in [6.45, 7) is 2.25. The normalized spacial score (nSPS) is 11.1. The third kappa shape index (κ3) is 11.0. The minimum atomic E-state index is 1.18. The quantitative estimate of drug-likeness (QED) is 0.301. The second-order valence-electron chi connectivity index (χ2n) is 3.51. The van der Waals surface area contributed by atoms with E-state index in [1.54, 1.807) is 6.08 Å². The molecule has 78 valence electrons. The molecule has 0 aromatic heterocycles. The van der Waals surface area contributed by atoms with Crippen LogP contribution in [0, 0.1) is 12.3 Å². The monoisotopic (exact) mass is 190 g/mol. The van der Waals surface area contributed by atoms with E-state index in [0.717, 1.165) is 0 Å². The summed E-state index contributed by atoms with van der Waals surface area (Å²) in [6, 6.07) is 0. The second kappa shape index (κ2) is 12.0. The highest BCUT2D eigenvalue weighted by atomic mass is 13.9. The highest BCUT2D eigenvalue weighted by molar-refractivity contribution is 5.15. The van der Waals surface area contributed by atoms with Crippen molar-refractivity contribution in [2.24, 2.45) is 0 Å². The van der Waals surface area contributed by atoms with E-state index in [-0.39, 0.29) is 0 Å². The molecule has 0 saturated carbocycles. The molecule has 0 aliphatic heterocycles. The Kier molecular flexibility index (Phi) is 11.2. The standard InChI is InChI=1S/C14H22/c1-3-5-7-9-11-13-14-12-10-8-6-4-2/h1,5,7,9,11H,4,6,8,10,12-14H2,2H3. The van der Waals surface area contributed by atoms with Gasteiger partial charge in [-0.25, -0.2) is 0 Å². The molecule has 0 atom stereocenters. The molecule has 0 aliphatic rings. The van der Waals surface area contributed by atoms with Gasteiger partial charge in [0.15, 0.2) is 0 Å². The van der Waals surface area contributed by atoms with E-state index in [0.29, 0.717) is 0 Å². The van der Waals surface area contributed by atoms with Crippen LogP contribution in [0.4, 0.5) is 0 Å². The fourth-order valence-electron chi connectivity index (χ4n) is 1.33. The van der Waals surface area contributed by atoms with E-state index >= 15 is 0 Å². The molecule has 0 heteroatoms. The molecule has 0 aliphatic carbocycles. The van der Waals surface area contributed by atoms with Gasteiger partial charge in [0.2, 0.25) is 0 Å². The molecule has 0 fully saturated rings. The van der Waals surface area contributed by atoms with Crippen molar-refractivity contribution < 1.29 is 0 Å². The molecule has 0 rings (SSSR count). The number of unbranched alkanes of at least 4 members (excludes halogenated alkanes) is 6. The van der Waals surface area contributed by atoms with Gasteiger partial charge in [0.1, 0.15) is 0 Å². The van der Waals surface area contributed by atoms with Crippen molar-refractivity contribution in [1.29, 1.82) is 0 Å². The summed E-state index contributed by atoms with van der Waals surface area (Å²) < 4.78 is 0. The lowest BCUT2D eigenvalue weighted by Crippen LogP contribution is -1.77. The average molecular weight is 190 g/mol. The SMILES string of the molecule is C#CC=CC=CCCCCCCCC. The van der Waals surface area contributed by atoms with Crippen molar-refractivity contribution in [2.45, 2.75) is 51.9 Å². The molecule has 0 amide bonds. The summed E-state index contributed by atoms with van der Waals surface area (Å²) in [7, 11) is 0. The maximum atomic E-state index is 5.07. The van der Waals surface area contributed by atoms with Gasteiger partial charge in [-0.2, -0.15) is 0 Å². The number of allylic oxidation sites excluding steroid dienone is 4. The van der Waals surface area contributed by atoms with Gasteiger partial charge in [-0.1, -0.05) is 63.2 Å². The Bertz CT molecular complexity index is 191. The topological polar surface area (TPSA) is 0 Å². The van der Waals surface area contributed by atoms with Gasteiger partial charge in [0.05, 0.1) is 0 Å². The van der Waals surface area contributed by atoms with Crippen LogP contribution in [-0.2, 0) is 0 Å². The summed E-state index contributed by atoms with van der Waals surface area (Å²) in [5.74, 6) is 2.46. The summed E-state index contributed by atoms with van der Waals surface area (Å²) >= 11 is 0. The molecule has 0 saturated heterocycles. The Morgan fingerprint density at radius 2 is 1.71 bits per heavy atom. The summed E-state index contributed by atoms with van der Waals surface area (Å²) in [4.78, 5) is 0. The number of terminal acetylenes is 1. The maximum absolute atomic E-state index is 5.07. The van der Waals surface area contributed by atoms with Crippen LogP contribution in [0.25, 0.3) is 0 Å². The fourth-order valence-corrected chi connectivity index (χ4v) is 1.33. The molecule has 0 N–H and O–H groups in total. The molecule has 0 nitrogen and oxygen atoms in total. The van der Waals surface area contributed by atoms with Crippen LogP contribution in [0.3, 0.4) is 0 Å². The minimum Gasteiger partial charge on any atom is -0.115 e. The first-order valence-corrected chi connectivity index (χ1v) is 5.69. The van der Waals surface area contributed by atoms with Gasteiger partial charge in [0.25, 0.3) is 0 Å². The van der Waals surface area contributed by atoms with Crippen LogP contribution in [0.2, 0.25) is 0 Å². The van der Waals surface area contributed by atoms with Crippen molar-refractivity contribution in [3.8, 4) is 12.3 Å². The third-order valence-corrected chi connectivity index (χ3v) is 2.16. The Labute approximate surface area is 89.1 Å². The van der Waals surface area contributed by atoms with Crippen molar-refractivity contribution in [1.82, 2.24) is 0 Å². The predicted molar refractivity (Wildman–Crippen MR) is 65.1 cm³/mol. The zero-order valence-corrected chi connectivity index (χ0v) is 9.34. The van der Waals surface area contributed by atoms with E-state index in [4.69, 9.17) is 6.42 Å². The molecular formula is C14H22. The summed E-state index contributed by atoms with van der Waals surface area (Å²) in [5, 5.41) is 0. The highest BCUT2D eigenvalue weighted by Gasteiger charge is 1.87. The van der Waals surface area contributed by atoms with E-state index in [1.165, 1.54) is 44.9 Å². The van der Waals surface area contributed by atoms with E-state index in [2.05, 4.69) is 18.9 Å². The number of rotatable bonds is 8. The van der Waals surface area contributed by atoms with E-state index in [9.17, 15) is 0 Å². The highest BCUT2D eigenvalue weighted by Crippen LogP contribution is 2.06. The molecule has 0 spiro atoms. The number of hydrogen-bond donors (Lipinski definition) is 0. The Morgan fingerprint density at radius 3 is 2.43 bits per heavy atom. The molecule has 0 radical (unpaired) electrons. The molecular weight excluding hydrogens is 168 g/mol. The summed E-state index contributed by atoms with van der Waals surface area (Å²) in [5.41, 5.74) is 0. The molecule has 0 aromatic rings. The first kappa shape index (κ1) is 13.0. The second-order valence-corrected chi connectivity index (χ2v) is 3.51. The lowest BCUT2D eigenvalue weighted by atomic mass is 10.1. The largest absolute Gasteiger partial charge is 0.115 e. The smallest absolute Gasteiger partial charge is 0.0122 e.